The molecule has 0 spiro atoms. The summed E-state index contributed by atoms with van der Waals surface area (Å²) in [5, 5.41) is 9.87. The van der Waals surface area contributed by atoms with E-state index in [1.165, 1.54) is 10.6 Å². The Balaban J connectivity index is 2.50. The molecule has 1 heterocycles. The molecule has 3 unspecified atom stereocenters. The summed E-state index contributed by atoms with van der Waals surface area (Å²) in [7, 11) is -1.53. The van der Waals surface area contributed by atoms with Crippen LogP contribution in [0.15, 0.2) is 0 Å². The Morgan fingerprint density at radius 2 is 2.18 bits per heavy atom. The highest BCUT2D eigenvalue weighted by molar-refractivity contribution is 7.88. The van der Waals surface area contributed by atoms with Crippen molar-refractivity contribution in [2.45, 2.75) is 38.4 Å². The van der Waals surface area contributed by atoms with Gasteiger partial charge in [0.25, 0.3) is 0 Å². The lowest BCUT2D eigenvalue weighted by atomic mass is 9.92. The molecule has 1 fully saturated rings. The topological polar surface area (TPSA) is 66.8 Å². The van der Waals surface area contributed by atoms with Crippen molar-refractivity contribution in [1.82, 2.24) is 4.31 Å². The maximum atomic E-state index is 11.4. The standard InChI is InChI=1S/C11H23NO4S/c1-9(16-2)11(13)7-10-5-4-6-12(8-10)17(3,14)15/h9-11,13H,4-8H2,1-3H3. The van der Waals surface area contributed by atoms with Crippen LogP contribution in [0.25, 0.3) is 0 Å². The maximum Gasteiger partial charge on any atom is 0.211 e. The van der Waals surface area contributed by atoms with Crippen LogP contribution in [0.2, 0.25) is 0 Å². The van der Waals surface area contributed by atoms with Gasteiger partial charge in [0, 0.05) is 20.2 Å². The number of ether oxygens (including phenoxy) is 1. The largest absolute Gasteiger partial charge is 0.390 e. The van der Waals surface area contributed by atoms with Crippen molar-refractivity contribution in [1.29, 1.82) is 0 Å². The summed E-state index contributed by atoms with van der Waals surface area (Å²) in [5.41, 5.74) is 0. The van der Waals surface area contributed by atoms with E-state index in [1.54, 1.807) is 7.11 Å². The quantitative estimate of drug-likeness (QED) is 0.783. The zero-order valence-electron chi connectivity index (χ0n) is 10.8. The van der Waals surface area contributed by atoms with Gasteiger partial charge in [-0.3, -0.25) is 0 Å². The lowest BCUT2D eigenvalue weighted by molar-refractivity contribution is -0.0156. The van der Waals surface area contributed by atoms with Gasteiger partial charge >= 0.3 is 0 Å². The van der Waals surface area contributed by atoms with Crippen LogP contribution in [0.4, 0.5) is 0 Å². The van der Waals surface area contributed by atoms with Crippen LogP contribution in [0, 0.1) is 5.92 Å². The van der Waals surface area contributed by atoms with Crippen LogP contribution in [0.1, 0.15) is 26.2 Å². The summed E-state index contributed by atoms with van der Waals surface area (Å²) in [5.74, 6) is 0.228. The van der Waals surface area contributed by atoms with Crippen molar-refractivity contribution in [2.75, 3.05) is 26.5 Å². The Kier molecular flexibility index (Phi) is 5.37. The number of piperidine rings is 1. The number of hydrogen-bond donors (Lipinski definition) is 1. The van der Waals surface area contributed by atoms with Crippen LogP contribution < -0.4 is 0 Å². The third-order valence-electron chi connectivity index (χ3n) is 3.44. The number of aliphatic hydroxyl groups is 1. The number of aliphatic hydroxyl groups excluding tert-OH is 1. The van der Waals surface area contributed by atoms with E-state index in [0.29, 0.717) is 19.5 Å². The molecule has 1 aliphatic heterocycles. The van der Waals surface area contributed by atoms with Crippen LogP contribution in [-0.4, -0.2) is 56.5 Å². The second-order valence-electron chi connectivity index (χ2n) is 4.87. The Bertz CT molecular complexity index is 330. The molecule has 0 aromatic heterocycles. The Hall–Kier alpha value is -0.170. The average molecular weight is 265 g/mol. The first kappa shape index (κ1) is 14.9. The normalized spacial score (nSPS) is 26.7. The molecule has 0 radical (unpaired) electrons. The molecule has 1 saturated heterocycles. The van der Waals surface area contributed by atoms with Crippen molar-refractivity contribution in [3.8, 4) is 0 Å². The fourth-order valence-corrected chi connectivity index (χ4v) is 3.15. The van der Waals surface area contributed by atoms with Gasteiger partial charge in [-0.2, -0.15) is 0 Å². The van der Waals surface area contributed by atoms with Gasteiger partial charge in [-0.15, -0.1) is 0 Å². The number of nitrogens with zero attached hydrogens (tertiary/aromatic N) is 1. The minimum atomic E-state index is -3.10. The SMILES string of the molecule is COC(C)C(O)CC1CCCN(S(C)(=O)=O)C1. The number of rotatable bonds is 5. The van der Waals surface area contributed by atoms with E-state index in [4.69, 9.17) is 4.74 Å². The zero-order valence-corrected chi connectivity index (χ0v) is 11.6. The summed E-state index contributed by atoms with van der Waals surface area (Å²) >= 11 is 0. The Morgan fingerprint density at radius 3 is 2.71 bits per heavy atom. The molecular formula is C11H23NO4S. The van der Waals surface area contributed by atoms with E-state index < -0.39 is 16.1 Å². The molecule has 0 bridgehead atoms. The molecule has 0 aliphatic carbocycles. The summed E-state index contributed by atoms with van der Waals surface area (Å²) in [6.45, 7) is 2.94. The van der Waals surface area contributed by atoms with Crippen molar-refractivity contribution >= 4 is 10.0 Å². The zero-order chi connectivity index (χ0) is 13.1. The van der Waals surface area contributed by atoms with Gasteiger partial charge < -0.3 is 9.84 Å². The molecular weight excluding hydrogens is 242 g/mol. The molecule has 0 aromatic rings. The molecule has 1 N–H and O–H groups in total. The Labute approximate surface area is 104 Å². The highest BCUT2D eigenvalue weighted by Crippen LogP contribution is 2.23. The fourth-order valence-electron chi connectivity index (χ4n) is 2.21. The van der Waals surface area contributed by atoms with Gasteiger partial charge in [0.15, 0.2) is 0 Å². The van der Waals surface area contributed by atoms with Gasteiger partial charge in [-0.25, -0.2) is 12.7 Å². The Morgan fingerprint density at radius 1 is 1.53 bits per heavy atom. The van der Waals surface area contributed by atoms with Crippen molar-refractivity contribution in [3.05, 3.63) is 0 Å². The molecule has 17 heavy (non-hydrogen) atoms. The van der Waals surface area contributed by atoms with E-state index in [1.807, 2.05) is 6.92 Å². The lowest BCUT2D eigenvalue weighted by Crippen LogP contribution is -2.41. The van der Waals surface area contributed by atoms with E-state index in [9.17, 15) is 13.5 Å². The lowest BCUT2D eigenvalue weighted by Gasteiger charge is -2.32. The summed E-state index contributed by atoms with van der Waals surface area (Å²) in [6, 6.07) is 0. The number of methoxy groups -OCH3 is 1. The third kappa shape index (κ3) is 4.54. The molecule has 6 heteroatoms. The van der Waals surface area contributed by atoms with Gasteiger partial charge in [0.1, 0.15) is 0 Å². The van der Waals surface area contributed by atoms with Crippen molar-refractivity contribution in [3.63, 3.8) is 0 Å². The predicted octanol–water partition coefficient (Wildman–Crippen LogP) is 0.444. The van der Waals surface area contributed by atoms with Crippen molar-refractivity contribution < 1.29 is 18.3 Å². The van der Waals surface area contributed by atoms with Crippen molar-refractivity contribution in [2.24, 2.45) is 5.92 Å². The van der Waals surface area contributed by atoms with E-state index >= 15 is 0 Å². The van der Waals surface area contributed by atoms with Crippen LogP contribution in [0.3, 0.4) is 0 Å². The molecule has 0 aromatic carbocycles. The van der Waals surface area contributed by atoms with Gasteiger partial charge in [0.05, 0.1) is 18.5 Å². The number of hydrogen-bond acceptors (Lipinski definition) is 4. The molecule has 0 saturated carbocycles. The third-order valence-corrected chi connectivity index (χ3v) is 4.71. The van der Waals surface area contributed by atoms with E-state index in [-0.39, 0.29) is 12.0 Å². The first-order valence-corrected chi connectivity index (χ1v) is 7.85. The molecule has 102 valence electrons. The average Bonchev–Trinajstić information content (AvgIpc) is 2.27. The second-order valence-corrected chi connectivity index (χ2v) is 6.86. The first-order valence-electron chi connectivity index (χ1n) is 6.00. The van der Waals surface area contributed by atoms with Gasteiger partial charge in [-0.05, 0) is 32.1 Å². The minimum absolute atomic E-state index is 0.205. The maximum absolute atomic E-state index is 11.4. The number of sulfonamides is 1. The first-order chi connectivity index (χ1) is 7.84. The highest BCUT2D eigenvalue weighted by atomic mass is 32.2. The predicted molar refractivity (Wildman–Crippen MR) is 66.2 cm³/mol. The summed E-state index contributed by atoms with van der Waals surface area (Å²) in [6.07, 6.45) is 2.95. The molecule has 5 nitrogen and oxygen atoms in total. The molecule has 1 aliphatic rings. The van der Waals surface area contributed by atoms with E-state index in [0.717, 1.165) is 12.8 Å². The fraction of sp³-hybridized carbons (Fsp3) is 1.00. The van der Waals surface area contributed by atoms with Crippen LogP contribution in [-0.2, 0) is 14.8 Å². The molecule has 0 amide bonds. The highest BCUT2D eigenvalue weighted by Gasteiger charge is 2.28. The summed E-state index contributed by atoms with van der Waals surface area (Å²) in [4.78, 5) is 0. The smallest absolute Gasteiger partial charge is 0.211 e. The van der Waals surface area contributed by atoms with E-state index in [2.05, 4.69) is 0 Å². The van der Waals surface area contributed by atoms with Gasteiger partial charge in [0.2, 0.25) is 10.0 Å². The molecule has 1 rings (SSSR count). The summed E-state index contributed by atoms with van der Waals surface area (Å²) < 4.78 is 29.5. The monoisotopic (exact) mass is 265 g/mol. The van der Waals surface area contributed by atoms with Gasteiger partial charge in [-0.1, -0.05) is 0 Å². The minimum Gasteiger partial charge on any atom is -0.390 e. The second kappa shape index (κ2) is 6.13. The van der Waals surface area contributed by atoms with Crippen LogP contribution >= 0.6 is 0 Å². The van der Waals surface area contributed by atoms with Crippen LogP contribution in [0.5, 0.6) is 0 Å². The molecule has 3 atom stereocenters.